The maximum absolute atomic E-state index is 12.5. The van der Waals surface area contributed by atoms with Crippen molar-refractivity contribution in [1.82, 2.24) is 10.6 Å². The molecule has 6 nitrogen and oxygen atoms in total. The Kier molecular flexibility index (Phi) is 5.31. The van der Waals surface area contributed by atoms with Gasteiger partial charge in [0.05, 0.1) is 18.4 Å². The van der Waals surface area contributed by atoms with Crippen LogP contribution in [0.4, 0.5) is 0 Å². The highest BCUT2D eigenvalue weighted by atomic mass is 16.5. The number of carbonyl (C=O) groups excluding carboxylic acids is 1. The molecule has 0 spiro atoms. The first-order chi connectivity index (χ1) is 8.81. The standard InChI is InChI=1S/C13H24N2O4/c1-12(2,8-10(16)17)15-11(18)13(9-19-3)4-6-14-7-5-13/h14H,4-9H2,1-3H3,(H,15,18)(H,16,17). The van der Waals surface area contributed by atoms with E-state index in [1.165, 1.54) is 0 Å². The molecule has 1 aliphatic heterocycles. The molecule has 1 aliphatic rings. The van der Waals surface area contributed by atoms with E-state index in [2.05, 4.69) is 10.6 Å². The second kappa shape index (κ2) is 6.34. The van der Waals surface area contributed by atoms with Crippen molar-refractivity contribution in [3.63, 3.8) is 0 Å². The van der Waals surface area contributed by atoms with Gasteiger partial charge in [0.2, 0.25) is 5.91 Å². The molecule has 0 aromatic rings. The van der Waals surface area contributed by atoms with Crippen molar-refractivity contribution in [3.8, 4) is 0 Å². The van der Waals surface area contributed by atoms with E-state index >= 15 is 0 Å². The monoisotopic (exact) mass is 272 g/mol. The van der Waals surface area contributed by atoms with Gasteiger partial charge < -0.3 is 20.5 Å². The Labute approximate surface area is 113 Å². The zero-order valence-electron chi connectivity index (χ0n) is 11.9. The summed E-state index contributed by atoms with van der Waals surface area (Å²) in [7, 11) is 1.58. The first-order valence-electron chi connectivity index (χ1n) is 6.55. The van der Waals surface area contributed by atoms with Crippen LogP contribution in [0.5, 0.6) is 0 Å². The van der Waals surface area contributed by atoms with Crippen LogP contribution in [0.2, 0.25) is 0 Å². The molecule has 0 unspecified atom stereocenters. The number of nitrogens with one attached hydrogen (secondary N) is 2. The van der Waals surface area contributed by atoms with Crippen LogP contribution in [0.15, 0.2) is 0 Å². The predicted molar refractivity (Wildman–Crippen MR) is 70.9 cm³/mol. The summed E-state index contributed by atoms with van der Waals surface area (Å²) in [6.07, 6.45) is 1.31. The van der Waals surface area contributed by atoms with Crippen LogP contribution in [-0.2, 0) is 14.3 Å². The number of hydrogen-bond donors (Lipinski definition) is 3. The Morgan fingerprint density at radius 1 is 1.37 bits per heavy atom. The van der Waals surface area contributed by atoms with Gasteiger partial charge in [0, 0.05) is 12.6 Å². The Bertz CT molecular complexity index is 330. The summed E-state index contributed by atoms with van der Waals surface area (Å²) in [5.74, 6) is -1.03. The number of carbonyl (C=O) groups is 2. The number of aliphatic carboxylic acids is 1. The molecule has 19 heavy (non-hydrogen) atoms. The van der Waals surface area contributed by atoms with E-state index in [0.29, 0.717) is 19.4 Å². The lowest BCUT2D eigenvalue weighted by Gasteiger charge is -2.38. The van der Waals surface area contributed by atoms with Gasteiger partial charge in [-0.2, -0.15) is 0 Å². The van der Waals surface area contributed by atoms with E-state index in [1.54, 1.807) is 21.0 Å². The maximum Gasteiger partial charge on any atom is 0.305 e. The van der Waals surface area contributed by atoms with Gasteiger partial charge in [-0.05, 0) is 39.8 Å². The number of ether oxygens (including phenoxy) is 1. The minimum absolute atomic E-state index is 0.0972. The lowest BCUT2D eigenvalue weighted by Crippen LogP contribution is -2.55. The van der Waals surface area contributed by atoms with E-state index in [0.717, 1.165) is 13.1 Å². The number of carboxylic acid groups (broad SMARTS) is 1. The summed E-state index contributed by atoms with van der Waals surface area (Å²) in [4.78, 5) is 23.3. The van der Waals surface area contributed by atoms with Crippen LogP contribution in [0.1, 0.15) is 33.1 Å². The third-order valence-electron chi connectivity index (χ3n) is 3.51. The molecule has 0 bridgehead atoms. The number of rotatable bonds is 6. The number of carboxylic acids is 1. The molecule has 0 saturated carbocycles. The van der Waals surface area contributed by atoms with Gasteiger partial charge in [0.1, 0.15) is 0 Å². The summed E-state index contributed by atoms with van der Waals surface area (Å²) >= 11 is 0. The highest BCUT2D eigenvalue weighted by molar-refractivity contribution is 5.84. The van der Waals surface area contributed by atoms with Crippen LogP contribution in [0.3, 0.4) is 0 Å². The molecule has 110 valence electrons. The minimum atomic E-state index is -0.920. The van der Waals surface area contributed by atoms with Crippen molar-refractivity contribution in [1.29, 1.82) is 0 Å². The second-order valence-electron chi connectivity index (χ2n) is 5.87. The van der Waals surface area contributed by atoms with E-state index in [-0.39, 0.29) is 12.3 Å². The van der Waals surface area contributed by atoms with Gasteiger partial charge in [-0.25, -0.2) is 0 Å². The van der Waals surface area contributed by atoms with Crippen molar-refractivity contribution in [3.05, 3.63) is 0 Å². The van der Waals surface area contributed by atoms with Crippen molar-refractivity contribution in [2.45, 2.75) is 38.6 Å². The zero-order valence-corrected chi connectivity index (χ0v) is 11.9. The summed E-state index contributed by atoms with van der Waals surface area (Å²) in [5.41, 5.74) is -1.30. The zero-order chi connectivity index (χ0) is 14.5. The van der Waals surface area contributed by atoms with E-state index in [4.69, 9.17) is 9.84 Å². The molecule has 1 fully saturated rings. The molecule has 0 radical (unpaired) electrons. The summed E-state index contributed by atoms with van der Waals surface area (Å²) in [6.45, 7) is 5.36. The first kappa shape index (κ1) is 15.9. The molecule has 1 saturated heterocycles. The predicted octanol–water partition coefficient (Wildman–Crippen LogP) is 0.372. The van der Waals surface area contributed by atoms with Crippen LogP contribution in [-0.4, -0.2) is 49.3 Å². The van der Waals surface area contributed by atoms with Crippen molar-refractivity contribution in [2.75, 3.05) is 26.8 Å². The van der Waals surface area contributed by atoms with Crippen LogP contribution < -0.4 is 10.6 Å². The quantitative estimate of drug-likeness (QED) is 0.650. The third kappa shape index (κ3) is 4.47. The molecule has 0 aliphatic carbocycles. The Morgan fingerprint density at radius 3 is 2.42 bits per heavy atom. The average molecular weight is 272 g/mol. The normalized spacial score (nSPS) is 18.9. The third-order valence-corrected chi connectivity index (χ3v) is 3.51. The molecule has 1 amide bonds. The summed E-state index contributed by atoms with van der Waals surface area (Å²) in [6, 6.07) is 0. The topological polar surface area (TPSA) is 87.7 Å². The molecule has 0 aromatic carbocycles. The number of hydrogen-bond acceptors (Lipinski definition) is 4. The van der Waals surface area contributed by atoms with Gasteiger partial charge >= 0.3 is 5.97 Å². The van der Waals surface area contributed by atoms with Crippen molar-refractivity contribution >= 4 is 11.9 Å². The number of methoxy groups -OCH3 is 1. The second-order valence-corrected chi connectivity index (χ2v) is 5.87. The van der Waals surface area contributed by atoms with E-state index in [1.807, 2.05) is 0 Å². The first-order valence-corrected chi connectivity index (χ1v) is 6.55. The smallest absolute Gasteiger partial charge is 0.305 e. The average Bonchev–Trinajstić information content (AvgIpc) is 2.28. The van der Waals surface area contributed by atoms with Gasteiger partial charge in [-0.15, -0.1) is 0 Å². The number of piperidine rings is 1. The molecule has 1 heterocycles. The fraction of sp³-hybridized carbons (Fsp3) is 0.846. The molecule has 1 rings (SSSR count). The maximum atomic E-state index is 12.5. The summed E-state index contributed by atoms with van der Waals surface area (Å²) < 4.78 is 5.20. The van der Waals surface area contributed by atoms with Crippen LogP contribution in [0, 0.1) is 5.41 Å². The lowest BCUT2D eigenvalue weighted by molar-refractivity contribution is -0.141. The van der Waals surface area contributed by atoms with Gasteiger partial charge in [-0.3, -0.25) is 9.59 Å². The van der Waals surface area contributed by atoms with Crippen LogP contribution >= 0.6 is 0 Å². The Morgan fingerprint density at radius 2 is 1.95 bits per heavy atom. The van der Waals surface area contributed by atoms with E-state index < -0.39 is 16.9 Å². The fourth-order valence-corrected chi connectivity index (χ4v) is 2.48. The fourth-order valence-electron chi connectivity index (χ4n) is 2.48. The molecular weight excluding hydrogens is 248 g/mol. The highest BCUT2D eigenvalue weighted by Crippen LogP contribution is 2.30. The summed E-state index contributed by atoms with van der Waals surface area (Å²) in [5, 5.41) is 14.9. The molecule has 0 atom stereocenters. The van der Waals surface area contributed by atoms with Gasteiger partial charge in [-0.1, -0.05) is 0 Å². The molecule has 0 aromatic heterocycles. The van der Waals surface area contributed by atoms with Crippen molar-refractivity contribution < 1.29 is 19.4 Å². The van der Waals surface area contributed by atoms with E-state index in [9.17, 15) is 9.59 Å². The van der Waals surface area contributed by atoms with Crippen LogP contribution in [0.25, 0.3) is 0 Å². The van der Waals surface area contributed by atoms with Crippen molar-refractivity contribution in [2.24, 2.45) is 5.41 Å². The molecule has 3 N–H and O–H groups in total. The van der Waals surface area contributed by atoms with Gasteiger partial charge in [0.15, 0.2) is 0 Å². The molecular formula is C13H24N2O4. The van der Waals surface area contributed by atoms with Gasteiger partial charge in [0.25, 0.3) is 0 Å². The Hall–Kier alpha value is -1.14. The Balaban J connectivity index is 2.74. The highest BCUT2D eigenvalue weighted by Gasteiger charge is 2.41. The molecule has 6 heteroatoms. The largest absolute Gasteiger partial charge is 0.481 e. The number of amides is 1. The lowest BCUT2D eigenvalue weighted by atomic mass is 9.78. The SMILES string of the molecule is COCC1(C(=O)NC(C)(C)CC(=O)O)CCNCC1. The minimum Gasteiger partial charge on any atom is -0.481 e.